The fraction of sp³-hybridized carbons (Fsp3) is 0.188. The zero-order valence-corrected chi connectivity index (χ0v) is 10.1. The number of hydrogen-bond donors (Lipinski definition) is 1. The van der Waals surface area contributed by atoms with Gasteiger partial charge in [0.05, 0.1) is 11.7 Å². The Hall–Kier alpha value is -2.27. The van der Waals surface area contributed by atoms with E-state index in [1.807, 2.05) is 36.5 Å². The molecule has 1 heterocycles. The quantitative estimate of drug-likeness (QED) is 0.807. The average molecular weight is 234 g/mol. The SMILES string of the molecule is C#Cc1cccc(NC2CCc3cccnc32)c1. The van der Waals surface area contributed by atoms with Crippen molar-refractivity contribution in [3.63, 3.8) is 0 Å². The second kappa shape index (κ2) is 4.54. The molecule has 0 amide bonds. The molecule has 0 aliphatic heterocycles. The van der Waals surface area contributed by atoms with Crippen LogP contribution in [0.25, 0.3) is 0 Å². The van der Waals surface area contributed by atoms with E-state index >= 15 is 0 Å². The van der Waals surface area contributed by atoms with Gasteiger partial charge in [-0.05, 0) is 42.7 Å². The first-order valence-electron chi connectivity index (χ1n) is 6.14. The van der Waals surface area contributed by atoms with Crippen LogP contribution in [0, 0.1) is 12.3 Å². The summed E-state index contributed by atoms with van der Waals surface area (Å²) in [7, 11) is 0. The number of rotatable bonds is 2. The zero-order chi connectivity index (χ0) is 12.4. The Kier molecular flexibility index (Phi) is 2.74. The third-order valence-electron chi connectivity index (χ3n) is 3.33. The second-order valence-electron chi connectivity index (χ2n) is 4.51. The van der Waals surface area contributed by atoms with Crippen molar-refractivity contribution in [3.05, 3.63) is 59.4 Å². The van der Waals surface area contributed by atoms with Gasteiger partial charge in [-0.25, -0.2) is 0 Å². The summed E-state index contributed by atoms with van der Waals surface area (Å²) in [5.41, 5.74) is 4.49. The minimum absolute atomic E-state index is 0.300. The smallest absolute Gasteiger partial charge is 0.0691 e. The number of nitrogens with zero attached hydrogens (tertiary/aromatic N) is 1. The van der Waals surface area contributed by atoms with Crippen LogP contribution in [-0.2, 0) is 6.42 Å². The zero-order valence-electron chi connectivity index (χ0n) is 10.1. The monoisotopic (exact) mass is 234 g/mol. The largest absolute Gasteiger partial charge is 0.377 e. The summed E-state index contributed by atoms with van der Waals surface area (Å²) in [5.74, 6) is 2.66. The first-order chi connectivity index (χ1) is 8.86. The molecule has 3 rings (SSSR count). The van der Waals surface area contributed by atoms with Crippen molar-refractivity contribution in [1.29, 1.82) is 0 Å². The van der Waals surface area contributed by atoms with E-state index in [-0.39, 0.29) is 0 Å². The number of benzene rings is 1. The molecule has 0 radical (unpaired) electrons. The molecule has 2 nitrogen and oxygen atoms in total. The summed E-state index contributed by atoms with van der Waals surface area (Å²) >= 11 is 0. The second-order valence-corrected chi connectivity index (χ2v) is 4.51. The molecule has 0 saturated carbocycles. The molecule has 0 saturated heterocycles. The maximum atomic E-state index is 5.41. The summed E-state index contributed by atoms with van der Waals surface area (Å²) in [6.45, 7) is 0. The van der Waals surface area contributed by atoms with Crippen LogP contribution in [0.3, 0.4) is 0 Å². The van der Waals surface area contributed by atoms with Crippen LogP contribution >= 0.6 is 0 Å². The molecule has 18 heavy (non-hydrogen) atoms. The molecular formula is C16H14N2. The van der Waals surface area contributed by atoms with Gasteiger partial charge >= 0.3 is 0 Å². The van der Waals surface area contributed by atoms with Crippen LogP contribution < -0.4 is 5.32 Å². The van der Waals surface area contributed by atoms with Crippen LogP contribution in [0.2, 0.25) is 0 Å². The van der Waals surface area contributed by atoms with E-state index in [2.05, 4.69) is 22.3 Å². The van der Waals surface area contributed by atoms with Crippen molar-refractivity contribution in [3.8, 4) is 12.3 Å². The van der Waals surface area contributed by atoms with E-state index < -0.39 is 0 Å². The number of aromatic nitrogens is 1. The molecular weight excluding hydrogens is 220 g/mol. The Bertz CT molecular complexity index is 610. The van der Waals surface area contributed by atoms with Gasteiger partial charge in [-0.1, -0.05) is 18.1 Å². The molecule has 1 aliphatic rings. The highest BCUT2D eigenvalue weighted by atomic mass is 15.0. The minimum atomic E-state index is 0.300. The number of terminal acetylenes is 1. The van der Waals surface area contributed by atoms with E-state index in [1.54, 1.807) is 0 Å². The maximum Gasteiger partial charge on any atom is 0.0691 e. The first-order valence-corrected chi connectivity index (χ1v) is 6.14. The van der Waals surface area contributed by atoms with Crippen LogP contribution in [0.5, 0.6) is 0 Å². The number of fused-ring (bicyclic) bond motifs is 1. The summed E-state index contributed by atoms with van der Waals surface area (Å²) in [6, 6.07) is 12.4. The Morgan fingerprint density at radius 2 is 2.22 bits per heavy atom. The Labute approximate surface area is 107 Å². The number of pyridine rings is 1. The molecule has 1 unspecified atom stereocenters. The summed E-state index contributed by atoms with van der Waals surface area (Å²) in [6.07, 6.45) is 9.45. The van der Waals surface area contributed by atoms with Crippen molar-refractivity contribution < 1.29 is 0 Å². The van der Waals surface area contributed by atoms with Gasteiger partial charge in [0.15, 0.2) is 0 Å². The topological polar surface area (TPSA) is 24.9 Å². The summed E-state index contributed by atoms with van der Waals surface area (Å²) in [5, 5.41) is 3.51. The average Bonchev–Trinajstić information content (AvgIpc) is 2.83. The normalized spacial score (nSPS) is 16.9. The van der Waals surface area contributed by atoms with Gasteiger partial charge in [0.1, 0.15) is 0 Å². The van der Waals surface area contributed by atoms with Gasteiger partial charge in [-0.2, -0.15) is 0 Å². The molecule has 1 aromatic carbocycles. The van der Waals surface area contributed by atoms with Gasteiger partial charge in [-0.3, -0.25) is 4.98 Å². The van der Waals surface area contributed by atoms with E-state index in [9.17, 15) is 0 Å². The van der Waals surface area contributed by atoms with Crippen molar-refractivity contribution in [2.45, 2.75) is 18.9 Å². The molecule has 1 N–H and O–H groups in total. The molecule has 2 heteroatoms. The lowest BCUT2D eigenvalue weighted by Gasteiger charge is -2.14. The van der Waals surface area contributed by atoms with Crippen LogP contribution in [0.15, 0.2) is 42.6 Å². The van der Waals surface area contributed by atoms with Gasteiger partial charge in [0.25, 0.3) is 0 Å². The van der Waals surface area contributed by atoms with Crippen LogP contribution in [0.4, 0.5) is 5.69 Å². The highest BCUT2D eigenvalue weighted by molar-refractivity contribution is 5.52. The van der Waals surface area contributed by atoms with Gasteiger partial charge in [0, 0.05) is 17.4 Å². The Morgan fingerprint density at radius 1 is 1.28 bits per heavy atom. The number of anilines is 1. The fourth-order valence-corrected chi connectivity index (χ4v) is 2.45. The Morgan fingerprint density at radius 3 is 3.11 bits per heavy atom. The van der Waals surface area contributed by atoms with E-state index in [0.717, 1.165) is 24.1 Å². The summed E-state index contributed by atoms with van der Waals surface area (Å²) in [4.78, 5) is 4.48. The van der Waals surface area contributed by atoms with Gasteiger partial charge < -0.3 is 5.32 Å². The Balaban J connectivity index is 1.84. The highest BCUT2D eigenvalue weighted by Crippen LogP contribution is 2.31. The molecule has 0 bridgehead atoms. The molecule has 0 fully saturated rings. The predicted octanol–water partition coefficient (Wildman–Crippen LogP) is 3.16. The van der Waals surface area contributed by atoms with E-state index in [0.29, 0.717) is 6.04 Å². The van der Waals surface area contributed by atoms with E-state index in [4.69, 9.17) is 6.42 Å². The van der Waals surface area contributed by atoms with Crippen molar-refractivity contribution >= 4 is 5.69 Å². The van der Waals surface area contributed by atoms with Gasteiger partial charge in [0.2, 0.25) is 0 Å². The standard InChI is InChI=1S/C16H14N2/c1-2-12-5-3-7-14(11-12)18-15-9-8-13-6-4-10-17-16(13)15/h1,3-7,10-11,15,18H,8-9H2. The predicted molar refractivity (Wildman–Crippen MR) is 73.3 cm³/mol. The third kappa shape index (κ3) is 1.96. The van der Waals surface area contributed by atoms with Crippen molar-refractivity contribution in [1.82, 2.24) is 4.98 Å². The molecule has 0 spiro atoms. The molecule has 1 atom stereocenters. The highest BCUT2D eigenvalue weighted by Gasteiger charge is 2.23. The lowest BCUT2D eigenvalue weighted by atomic mass is 10.1. The molecule has 88 valence electrons. The third-order valence-corrected chi connectivity index (χ3v) is 3.33. The van der Waals surface area contributed by atoms with Crippen LogP contribution in [-0.4, -0.2) is 4.98 Å². The molecule has 1 aliphatic carbocycles. The van der Waals surface area contributed by atoms with Crippen molar-refractivity contribution in [2.75, 3.05) is 5.32 Å². The van der Waals surface area contributed by atoms with E-state index in [1.165, 1.54) is 11.3 Å². The lowest BCUT2D eigenvalue weighted by molar-refractivity contribution is 0.746. The van der Waals surface area contributed by atoms with Crippen molar-refractivity contribution in [2.24, 2.45) is 0 Å². The summed E-state index contributed by atoms with van der Waals surface area (Å²) < 4.78 is 0. The molecule has 1 aromatic heterocycles. The maximum absolute atomic E-state index is 5.41. The first kappa shape index (κ1) is 10.9. The fourth-order valence-electron chi connectivity index (χ4n) is 2.45. The minimum Gasteiger partial charge on any atom is -0.377 e. The molecule has 2 aromatic rings. The lowest BCUT2D eigenvalue weighted by Crippen LogP contribution is -2.08. The number of nitrogens with one attached hydrogen (secondary N) is 1. The van der Waals surface area contributed by atoms with Crippen LogP contribution in [0.1, 0.15) is 29.3 Å². The number of aryl methyl sites for hydroxylation is 1. The number of hydrogen-bond acceptors (Lipinski definition) is 2. The van der Waals surface area contributed by atoms with Gasteiger partial charge in [-0.15, -0.1) is 6.42 Å².